The van der Waals surface area contributed by atoms with Crippen molar-refractivity contribution in [3.05, 3.63) is 36.2 Å². The van der Waals surface area contributed by atoms with Gasteiger partial charge in [0.2, 0.25) is 5.91 Å². The summed E-state index contributed by atoms with van der Waals surface area (Å²) in [5.74, 6) is 0.477. The molecule has 2 N–H and O–H groups in total. The van der Waals surface area contributed by atoms with Gasteiger partial charge in [-0.2, -0.15) is 0 Å². The number of pyridine rings is 1. The molecular weight excluding hydrogens is 266 g/mol. The summed E-state index contributed by atoms with van der Waals surface area (Å²) in [6.07, 6.45) is 2.10. The van der Waals surface area contributed by atoms with E-state index in [9.17, 15) is 4.79 Å². The van der Waals surface area contributed by atoms with Gasteiger partial charge in [-0.25, -0.2) is 0 Å². The Kier molecular flexibility index (Phi) is 3.25. The van der Waals surface area contributed by atoms with E-state index in [2.05, 4.69) is 9.55 Å². The zero-order valence-electron chi connectivity index (χ0n) is 12.1. The van der Waals surface area contributed by atoms with E-state index in [1.54, 1.807) is 13.3 Å². The molecule has 5 nitrogen and oxygen atoms in total. The van der Waals surface area contributed by atoms with Crippen LogP contribution in [-0.2, 0) is 11.3 Å². The van der Waals surface area contributed by atoms with Gasteiger partial charge in [0.05, 0.1) is 23.8 Å². The summed E-state index contributed by atoms with van der Waals surface area (Å²) in [6.45, 7) is 2.51. The van der Waals surface area contributed by atoms with Crippen molar-refractivity contribution in [2.75, 3.05) is 7.11 Å². The molecular formula is C16H17N3O2. The highest BCUT2D eigenvalue weighted by Crippen LogP contribution is 2.32. The minimum Gasteiger partial charge on any atom is -0.497 e. The van der Waals surface area contributed by atoms with Gasteiger partial charge in [0.25, 0.3) is 0 Å². The smallest absolute Gasteiger partial charge is 0.219 e. The predicted molar refractivity (Wildman–Crippen MR) is 82.3 cm³/mol. The molecule has 2 aromatic heterocycles. The molecule has 5 heteroatoms. The number of aromatic nitrogens is 2. The highest BCUT2D eigenvalue weighted by atomic mass is 16.5. The number of rotatable bonds is 4. The fourth-order valence-corrected chi connectivity index (χ4v) is 2.78. The van der Waals surface area contributed by atoms with Crippen LogP contribution in [-0.4, -0.2) is 22.6 Å². The number of hydrogen-bond acceptors (Lipinski definition) is 3. The van der Waals surface area contributed by atoms with Gasteiger partial charge < -0.3 is 15.0 Å². The number of primary amides is 1. The Hall–Kier alpha value is -2.56. The van der Waals surface area contributed by atoms with E-state index in [0.29, 0.717) is 13.0 Å². The monoisotopic (exact) mass is 283 g/mol. The summed E-state index contributed by atoms with van der Waals surface area (Å²) in [6, 6.07) is 7.96. The van der Waals surface area contributed by atoms with Gasteiger partial charge in [-0.05, 0) is 25.1 Å². The summed E-state index contributed by atoms with van der Waals surface area (Å²) < 4.78 is 7.41. The zero-order chi connectivity index (χ0) is 15.0. The first-order valence-electron chi connectivity index (χ1n) is 6.81. The molecule has 0 aliphatic rings. The number of methoxy groups -OCH3 is 1. The lowest BCUT2D eigenvalue weighted by molar-refractivity contribution is -0.118. The second-order valence-electron chi connectivity index (χ2n) is 5.04. The van der Waals surface area contributed by atoms with Crippen molar-refractivity contribution in [2.45, 2.75) is 19.9 Å². The number of nitrogens with zero attached hydrogens (tertiary/aromatic N) is 2. The standard InChI is InChI=1S/C16H17N3O2/c1-10-16-13(5-7-18-10)12-4-3-11(21-2)9-14(12)19(16)8-6-15(17)20/h3-5,7,9H,6,8H2,1-2H3,(H2,17,20). The lowest BCUT2D eigenvalue weighted by Gasteiger charge is -2.08. The maximum Gasteiger partial charge on any atom is 0.219 e. The second kappa shape index (κ2) is 5.09. The van der Waals surface area contributed by atoms with Crippen molar-refractivity contribution >= 4 is 27.7 Å². The van der Waals surface area contributed by atoms with E-state index in [-0.39, 0.29) is 5.91 Å². The van der Waals surface area contributed by atoms with Crippen molar-refractivity contribution in [3.63, 3.8) is 0 Å². The van der Waals surface area contributed by atoms with Crippen LogP contribution >= 0.6 is 0 Å². The number of nitrogens with two attached hydrogens (primary N) is 1. The minimum atomic E-state index is -0.311. The highest BCUT2D eigenvalue weighted by Gasteiger charge is 2.14. The largest absolute Gasteiger partial charge is 0.497 e. The van der Waals surface area contributed by atoms with Crippen molar-refractivity contribution in [1.82, 2.24) is 9.55 Å². The minimum absolute atomic E-state index is 0.296. The molecule has 0 spiro atoms. The Bertz CT molecular complexity index is 836. The first-order chi connectivity index (χ1) is 10.1. The molecule has 21 heavy (non-hydrogen) atoms. The lowest BCUT2D eigenvalue weighted by atomic mass is 10.1. The van der Waals surface area contributed by atoms with Crippen LogP contribution in [0, 0.1) is 6.92 Å². The molecule has 2 heterocycles. The van der Waals surface area contributed by atoms with Crippen LogP contribution in [0.3, 0.4) is 0 Å². The summed E-state index contributed by atoms with van der Waals surface area (Å²) in [5, 5.41) is 2.25. The molecule has 108 valence electrons. The van der Waals surface area contributed by atoms with Gasteiger partial charge in [-0.15, -0.1) is 0 Å². The third kappa shape index (κ3) is 2.20. The maximum atomic E-state index is 11.1. The van der Waals surface area contributed by atoms with Gasteiger partial charge in [-0.3, -0.25) is 9.78 Å². The fourth-order valence-electron chi connectivity index (χ4n) is 2.78. The molecule has 0 aliphatic carbocycles. The molecule has 1 aromatic carbocycles. The fraction of sp³-hybridized carbons (Fsp3) is 0.250. The Morgan fingerprint density at radius 2 is 2.14 bits per heavy atom. The van der Waals surface area contributed by atoms with Crippen LogP contribution in [0.25, 0.3) is 21.8 Å². The second-order valence-corrected chi connectivity index (χ2v) is 5.04. The molecule has 3 aromatic rings. The highest BCUT2D eigenvalue weighted by molar-refractivity contribution is 6.09. The zero-order valence-corrected chi connectivity index (χ0v) is 12.1. The number of carbonyl (C=O) groups excluding carboxylic acids is 1. The van der Waals surface area contributed by atoms with Crippen LogP contribution in [0.2, 0.25) is 0 Å². The molecule has 0 atom stereocenters. The molecule has 3 rings (SSSR count). The molecule has 0 radical (unpaired) electrons. The topological polar surface area (TPSA) is 70.1 Å². The average Bonchev–Trinajstić information content (AvgIpc) is 2.79. The van der Waals surface area contributed by atoms with Crippen LogP contribution in [0.5, 0.6) is 5.75 Å². The SMILES string of the molecule is COc1ccc2c3ccnc(C)c3n(CCC(N)=O)c2c1. The first-order valence-corrected chi connectivity index (χ1v) is 6.81. The molecule has 0 unspecified atom stereocenters. The number of fused-ring (bicyclic) bond motifs is 3. The van der Waals surface area contributed by atoms with Crippen molar-refractivity contribution in [3.8, 4) is 5.75 Å². The summed E-state index contributed by atoms with van der Waals surface area (Å²) >= 11 is 0. The van der Waals surface area contributed by atoms with Crippen molar-refractivity contribution in [2.24, 2.45) is 5.73 Å². The van der Waals surface area contributed by atoms with Crippen molar-refractivity contribution in [1.29, 1.82) is 0 Å². The van der Waals surface area contributed by atoms with Crippen LogP contribution in [0.1, 0.15) is 12.1 Å². The van der Waals surface area contributed by atoms with Gasteiger partial charge in [0.15, 0.2) is 0 Å². The van der Waals surface area contributed by atoms with Crippen LogP contribution in [0.15, 0.2) is 30.5 Å². The van der Waals surface area contributed by atoms with E-state index in [1.165, 1.54) is 0 Å². The molecule has 1 amide bonds. The Labute approximate surface area is 122 Å². The summed E-state index contributed by atoms with van der Waals surface area (Å²) in [7, 11) is 1.64. The number of aryl methyl sites for hydroxylation is 2. The van der Waals surface area contributed by atoms with Gasteiger partial charge in [0.1, 0.15) is 5.75 Å². The summed E-state index contributed by atoms with van der Waals surface area (Å²) in [4.78, 5) is 15.5. The maximum absolute atomic E-state index is 11.1. The Morgan fingerprint density at radius 3 is 2.86 bits per heavy atom. The van der Waals surface area contributed by atoms with E-state index in [1.807, 2.05) is 31.2 Å². The van der Waals surface area contributed by atoms with E-state index >= 15 is 0 Å². The average molecular weight is 283 g/mol. The van der Waals surface area contributed by atoms with E-state index in [4.69, 9.17) is 10.5 Å². The molecule has 0 bridgehead atoms. The predicted octanol–water partition coefficient (Wildman–Crippen LogP) is 2.38. The number of amides is 1. The molecule has 0 aliphatic heterocycles. The quantitative estimate of drug-likeness (QED) is 0.799. The Balaban J connectivity index is 2.33. The molecule has 0 fully saturated rings. The normalized spacial score (nSPS) is 11.1. The third-order valence-corrected chi connectivity index (χ3v) is 3.74. The summed E-state index contributed by atoms with van der Waals surface area (Å²) in [5.41, 5.74) is 8.31. The van der Waals surface area contributed by atoms with E-state index in [0.717, 1.165) is 33.2 Å². The number of ether oxygens (including phenoxy) is 1. The van der Waals surface area contributed by atoms with Crippen LogP contribution < -0.4 is 10.5 Å². The molecule has 0 saturated heterocycles. The van der Waals surface area contributed by atoms with Crippen LogP contribution in [0.4, 0.5) is 0 Å². The molecule has 0 saturated carbocycles. The lowest BCUT2D eigenvalue weighted by Crippen LogP contribution is -2.14. The number of benzene rings is 1. The Morgan fingerprint density at radius 1 is 1.33 bits per heavy atom. The number of hydrogen-bond donors (Lipinski definition) is 1. The number of carbonyl (C=O) groups is 1. The van der Waals surface area contributed by atoms with Gasteiger partial charge in [0, 0.05) is 36.0 Å². The first kappa shape index (κ1) is 13.4. The van der Waals surface area contributed by atoms with Gasteiger partial charge >= 0.3 is 0 Å². The van der Waals surface area contributed by atoms with E-state index < -0.39 is 0 Å². The van der Waals surface area contributed by atoms with Crippen molar-refractivity contribution < 1.29 is 9.53 Å². The van der Waals surface area contributed by atoms with Gasteiger partial charge in [-0.1, -0.05) is 0 Å². The third-order valence-electron chi connectivity index (χ3n) is 3.74.